The van der Waals surface area contributed by atoms with Gasteiger partial charge in [0.2, 0.25) is 0 Å². The van der Waals surface area contributed by atoms with Gasteiger partial charge in [-0.1, -0.05) is 29.5 Å². The highest BCUT2D eigenvalue weighted by molar-refractivity contribution is 8.00. The summed E-state index contributed by atoms with van der Waals surface area (Å²) in [6.07, 6.45) is 4.26. The van der Waals surface area contributed by atoms with E-state index < -0.39 is 9.84 Å². The number of nitrogens with zero attached hydrogens (tertiary/aromatic N) is 2. The molecule has 148 valence electrons. The van der Waals surface area contributed by atoms with E-state index in [1.54, 1.807) is 15.9 Å². The molecule has 2 aromatic heterocycles. The minimum Gasteiger partial charge on any atom is -0.268 e. The number of benzene rings is 1. The van der Waals surface area contributed by atoms with Gasteiger partial charge in [0.1, 0.15) is 14.7 Å². The third-order valence-corrected chi connectivity index (χ3v) is 8.32. The third-order valence-electron chi connectivity index (χ3n) is 4.99. The molecule has 5 nitrogen and oxygen atoms in total. The molecule has 0 bridgehead atoms. The molecule has 0 saturated carbocycles. The van der Waals surface area contributed by atoms with E-state index >= 15 is 0 Å². The maximum Gasteiger partial charge on any atom is 0.267 e. The fraction of sp³-hybridized carbons (Fsp3) is 0.400. The summed E-state index contributed by atoms with van der Waals surface area (Å²) in [6, 6.07) is 5.99. The molecule has 1 aliphatic rings. The Hall–Kier alpha value is -1.64. The summed E-state index contributed by atoms with van der Waals surface area (Å²) < 4.78 is 24.8. The fourth-order valence-corrected chi connectivity index (χ4v) is 7.18. The van der Waals surface area contributed by atoms with Gasteiger partial charge in [-0.3, -0.25) is 9.36 Å². The quantitative estimate of drug-likeness (QED) is 0.452. The molecule has 0 fully saturated rings. The number of aryl methyl sites for hydroxylation is 4. The molecule has 1 aliphatic carbocycles. The van der Waals surface area contributed by atoms with Crippen LogP contribution in [0.25, 0.3) is 15.9 Å². The van der Waals surface area contributed by atoms with Crippen LogP contribution in [0.2, 0.25) is 0 Å². The largest absolute Gasteiger partial charge is 0.268 e. The van der Waals surface area contributed by atoms with Crippen molar-refractivity contribution in [2.24, 2.45) is 0 Å². The third kappa shape index (κ3) is 3.65. The number of thioether (sulfide) groups is 1. The standard InChI is InChI=1S/C20H22N2O3S3/c1-12-7-8-15(13(2)11-12)22-19(23)17-14-5-4-6-16(14)27-18(17)21-20(22)26-9-10-28(3,24)25/h7-8,11H,4-6,9-10H2,1-3H3. The Bertz CT molecular complexity index is 1240. The summed E-state index contributed by atoms with van der Waals surface area (Å²) >= 11 is 2.94. The maximum absolute atomic E-state index is 13.6. The van der Waals surface area contributed by atoms with Crippen LogP contribution in [0, 0.1) is 13.8 Å². The summed E-state index contributed by atoms with van der Waals surface area (Å²) in [5.41, 5.74) is 4.05. The first kappa shape index (κ1) is 19.7. The van der Waals surface area contributed by atoms with Crippen molar-refractivity contribution in [2.45, 2.75) is 38.3 Å². The van der Waals surface area contributed by atoms with Gasteiger partial charge in [-0.2, -0.15) is 0 Å². The molecule has 0 aliphatic heterocycles. The maximum atomic E-state index is 13.6. The zero-order valence-electron chi connectivity index (χ0n) is 16.1. The monoisotopic (exact) mass is 434 g/mol. The summed E-state index contributed by atoms with van der Waals surface area (Å²) in [4.78, 5) is 20.4. The zero-order valence-corrected chi connectivity index (χ0v) is 18.6. The van der Waals surface area contributed by atoms with Gasteiger partial charge in [-0.25, -0.2) is 13.4 Å². The van der Waals surface area contributed by atoms with Crippen LogP contribution >= 0.6 is 23.1 Å². The van der Waals surface area contributed by atoms with Crippen molar-refractivity contribution in [2.75, 3.05) is 17.8 Å². The van der Waals surface area contributed by atoms with Crippen molar-refractivity contribution in [3.8, 4) is 5.69 Å². The molecule has 0 N–H and O–H groups in total. The molecule has 3 aromatic rings. The number of rotatable bonds is 5. The lowest BCUT2D eigenvalue weighted by Gasteiger charge is -2.15. The smallest absolute Gasteiger partial charge is 0.267 e. The van der Waals surface area contributed by atoms with Crippen LogP contribution in [-0.2, 0) is 22.7 Å². The second kappa shape index (κ2) is 7.31. The van der Waals surface area contributed by atoms with Crippen molar-refractivity contribution < 1.29 is 8.42 Å². The molecule has 0 spiro atoms. The Morgan fingerprint density at radius 3 is 2.75 bits per heavy atom. The Morgan fingerprint density at radius 2 is 2.04 bits per heavy atom. The van der Waals surface area contributed by atoms with Gasteiger partial charge in [0.05, 0.1) is 16.8 Å². The molecule has 28 heavy (non-hydrogen) atoms. The summed E-state index contributed by atoms with van der Waals surface area (Å²) in [7, 11) is -3.07. The molecule has 2 heterocycles. The van der Waals surface area contributed by atoms with E-state index in [1.807, 2.05) is 26.0 Å². The van der Waals surface area contributed by atoms with Gasteiger partial charge in [-0.05, 0) is 50.3 Å². The Morgan fingerprint density at radius 1 is 1.25 bits per heavy atom. The van der Waals surface area contributed by atoms with E-state index in [0.717, 1.165) is 51.9 Å². The number of fused-ring (bicyclic) bond motifs is 3. The van der Waals surface area contributed by atoms with Gasteiger partial charge in [0.15, 0.2) is 5.16 Å². The molecule has 4 rings (SSSR count). The van der Waals surface area contributed by atoms with Gasteiger partial charge in [0.25, 0.3) is 5.56 Å². The fourth-order valence-electron chi connectivity index (χ4n) is 3.67. The molecule has 0 saturated heterocycles. The molecule has 1 aromatic carbocycles. The predicted octanol–water partition coefficient (Wildman–Crippen LogP) is 3.69. The van der Waals surface area contributed by atoms with Gasteiger partial charge < -0.3 is 0 Å². The van der Waals surface area contributed by atoms with E-state index in [1.165, 1.54) is 22.9 Å². The van der Waals surface area contributed by atoms with Crippen molar-refractivity contribution in [3.05, 3.63) is 50.1 Å². The number of sulfone groups is 1. The number of hydrogen-bond acceptors (Lipinski definition) is 6. The number of thiophene rings is 1. The molecule has 0 unspecified atom stereocenters. The summed E-state index contributed by atoms with van der Waals surface area (Å²) in [5, 5.41) is 1.30. The van der Waals surface area contributed by atoms with Crippen LogP contribution in [0.15, 0.2) is 28.2 Å². The average Bonchev–Trinajstić information content (AvgIpc) is 3.15. The van der Waals surface area contributed by atoms with Crippen LogP contribution in [0.5, 0.6) is 0 Å². The van der Waals surface area contributed by atoms with Crippen molar-refractivity contribution in [3.63, 3.8) is 0 Å². The van der Waals surface area contributed by atoms with E-state index in [0.29, 0.717) is 10.9 Å². The normalized spacial score (nSPS) is 14.0. The Balaban J connectivity index is 1.92. The van der Waals surface area contributed by atoms with Crippen LogP contribution in [0.1, 0.15) is 28.0 Å². The molecular weight excluding hydrogens is 412 g/mol. The minimum absolute atomic E-state index is 0.0433. The lowest BCUT2D eigenvalue weighted by molar-refractivity contribution is 0.603. The van der Waals surface area contributed by atoms with E-state index in [-0.39, 0.29) is 11.3 Å². The second-order valence-electron chi connectivity index (χ2n) is 7.34. The lowest BCUT2D eigenvalue weighted by atomic mass is 10.1. The first-order valence-electron chi connectivity index (χ1n) is 9.20. The van der Waals surface area contributed by atoms with Crippen molar-refractivity contribution in [1.29, 1.82) is 0 Å². The van der Waals surface area contributed by atoms with Crippen LogP contribution in [-0.4, -0.2) is 35.7 Å². The van der Waals surface area contributed by atoms with E-state index in [2.05, 4.69) is 6.07 Å². The summed E-state index contributed by atoms with van der Waals surface area (Å²) in [5.74, 6) is 0.423. The molecule has 0 atom stereocenters. The van der Waals surface area contributed by atoms with Crippen LogP contribution in [0.3, 0.4) is 0 Å². The summed E-state index contributed by atoms with van der Waals surface area (Å²) in [6.45, 7) is 4.01. The van der Waals surface area contributed by atoms with Crippen LogP contribution < -0.4 is 5.56 Å². The van der Waals surface area contributed by atoms with E-state index in [9.17, 15) is 13.2 Å². The highest BCUT2D eigenvalue weighted by atomic mass is 32.2. The number of aromatic nitrogens is 2. The van der Waals surface area contributed by atoms with Crippen molar-refractivity contribution in [1.82, 2.24) is 9.55 Å². The first-order chi connectivity index (χ1) is 13.2. The highest BCUT2D eigenvalue weighted by Crippen LogP contribution is 2.36. The van der Waals surface area contributed by atoms with Gasteiger partial charge in [-0.15, -0.1) is 11.3 Å². The Labute approximate surface area is 172 Å². The van der Waals surface area contributed by atoms with Crippen molar-refractivity contribution >= 4 is 43.2 Å². The first-order valence-corrected chi connectivity index (χ1v) is 13.1. The second-order valence-corrected chi connectivity index (χ2v) is 11.7. The topological polar surface area (TPSA) is 69.0 Å². The van der Waals surface area contributed by atoms with E-state index in [4.69, 9.17) is 4.98 Å². The molecule has 0 amide bonds. The lowest BCUT2D eigenvalue weighted by Crippen LogP contribution is -2.23. The molecule has 0 radical (unpaired) electrons. The van der Waals surface area contributed by atoms with Gasteiger partial charge >= 0.3 is 0 Å². The average molecular weight is 435 g/mol. The molecule has 8 heteroatoms. The number of hydrogen-bond donors (Lipinski definition) is 0. The Kier molecular flexibility index (Phi) is 5.14. The van der Waals surface area contributed by atoms with Crippen LogP contribution in [0.4, 0.5) is 0 Å². The highest BCUT2D eigenvalue weighted by Gasteiger charge is 2.24. The van der Waals surface area contributed by atoms with Gasteiger partial charge in [0, 0.05) is 16.9 Å². The molecular formula is C20H22N2O3S3. The zero-order chi connectivity index (χ0) is 20.1. The predicted molar refractivity (Wildman–Crippen MR) is 117 cm³/mol. The minimum atomic E-state index is -3.07. The SMILES string of the molecule is Cc1ccc(-n2c(SCCS(C)(=O)=O)nc3sc4c(c3c2=O)CCC4)c(C)c1.